The van der Waals surface area contributed by atoms with Gasteiger partial charge in [-0.25, -0.2) is 4.98 Å². The number of rotatable bonds is 3. The molecule has 130 valence electrons. The molecule has 2 saturated heterocycles. The van der Waals surface area contributed by atoms with Crippen LogP contribution in [0.2, 0.25) is 0 Å². The minimum absolute atomic E-state index is 0.0164. The predicted octanol–water partition coefficient (Wildman–Crippen LogP) is 2.00. The van der Waals surface area contributed by atoms with E-state index < -0.39 is 0 Å². The van der Waals surface area contributed by atoms with E-state index in [1.165, 1.54) is 5.56 Å². The third-order valence-electron chi connectivity index (χ3n) is 5.55. The van der Waals surface area contributed by atoms with Crippen molar-refractivity contribution in [1.82, 2.24) is 24.8 Å². The van der Waals surface area contributed by atoms with Crippen molar-refractivity contribution in [2.75, 3.05) is 26.2 Å². The molecule has 1 amide bonds. The Balaban J connectivity index is 1.34. The van der Waals surface area contributed by atoms with Gasteiger partial charge in [0.15, 0.2) is 0 Å². The van der Waals surface area contributed by atoms with Gasteiger partial charge in [-0.15, -0.1) is 0 Å². The van der Waals surface area contributed by atoms with Crippen LogP contribution < -0.4 is 0 Å². The van der Waals surface area contributed by atoms with Crippen molar-refractivity contribution in [3.05, 3.63) is 54.4 Å². The van der Waals surface area contributed by atoms with Gasteiger partial charge in [-0.05, 0) is 49.4 Å². The van der Waals surface area contributed by atoms with Gasteiger partial charge in [0.1, 0.15) is 5.69 Å². The van der Waals surface area contributed by atoms with Crippen LogP contribution in [0.25, 0.3) is 0 Å². The molecular weight excluding hydrogens is 314 g/mol. The number of amides is 1. The Morgan fingerprint density at radius 1 is 1.04 bits per heavy atom. The van der Waals surface area contributed by atoms with E-state index in [1.54, 1.807) is 18.6 Å². The van der Waals surface area contributed by atoms with Crippen molar-refractivity contribution in [2.24, 2.45) is 5.41 Å². The first kappa shape index (κ1) is 16.1. The third kappa shape index (κ3) is 3.54. The van der Waals surface area contributed by atoms with E-state index in [4.69, 9.17) is 0 Å². The van der Waals surface area contributed by atoms with Crippen molar-refractivity contribution in [3.63, 3.8) is 0 Å². The first-order chi connectivity index (χ1) is 12.2. The zero-order chi connectivity index (χ0) is 17.1. The maximum Gasteiger partial charge on any atom is 0.274 e. The number of pyridine rings is 1. The summed E-state index contributed by atoms with van der Waals surface area (Å²) < 4.78 is 0. The molecule has 0 aromatic carbocycles. The Labute approximate surface area is 147 Å². The molecule has 0 N–H and O–H groups in total. The fourth-order valence-corrected chi connectivity index (χ4v) is 4.02. The monoisotopic (exact) mass is 337 g/mol. The first-order valence-corrected chi connectivity index (χ1v) is 8.91. The van der Waals surface area contributed by atoms with Crippen molar-refractivity contribution >= 4 is 5.91 Å². The van der Waals surface area contributed by atoms with Gasteiger partial charge >= 0.3 is 0 Å². The fourth-order valence-electron chi connectivity index (χ4n) is 4.02. The lowest BCUT2D eigenvalue weighted by molar-refractivity contribution is 0.0708. The van der Waals surface area contributed by atoms with Crippen LogP contribution in [0.3, 0.4) is 0 Å². The summed E-state index contributed by atoms with van der Waals surface area (Å²) in [6.07, 6.45) is 11.9. The van der Waals surface area contributed by atoms with Crippen LogP contribution >= 0.6 is 0 Å². The summed E-state index contributed by atoms with van der Waals surface area (Å²) >= 11 is 0. The number of nitrogens with zero attached hydrogens (tertiary/aromatic N) is 5. The Morgan fingerprint density at radius 3 is 2.56 bits per heavy atom. The van der Waals surface area contributed by atoms with E-state index in [-0.39, 0.29) is 11.3 Å². The Bertz CT molecular complexity index is 713. The molecule has 2 aliphatic rings. The van der Waals surface area contributed by atoms with E-state index in [9.17, 15) is 4.79 Å². The van der Waals surface area contributed by atoms with Crippen LogP contribution in [0.1, 0.15) is 35.3 Å². The summed E-state index contributed by atoms with van der Waals surface area (Å²) in [5.74, 6) is 0.0164. The van der Waals surface area contributed by atoms with Crippen LogP contribution in [0, 0.1) is 5.41 Å². The predicted molar refractivity (Wildman–Crippen MR) is 93.7 cm³/mol. The van der Waals surface area contributed by atoms with Crippen LogP contribution in [-0.2, 0) is 6.54 Å². The Morgan fingerprint density at radius 2 is 1.84 bits per heavy atom. The number of carbonyl (C=O) groups is 1. The number of carbonyl (C=O) groups excluding carboxylic acids is 1. The molecule has 25 heavy (non-hydrogen) atoms. The molecule has 0 saturated carbocycles. The molecule has 0 unspecified atom stereocenters. The largest absolute Gasteiger partial charge is 0.337 e. The lowest BCUT2D eigenvalue weighted by Gasteiger charge is -2.39. The molecule has 4 rings (SSSR count). The summed E-state index contributed by atoms with van der Waals surface area (Å²) in [5, 5.41) is 0. The molecule has 0 bridgehead atoms. The number of likely N-dealkylation sites (tertiary alicyclic amines) is 2. The number of hydrogen-bond donors (Lipinski definition) is 0. The highest BCUT2D eigenvalue weighted by atomic mass is 16.2. The van der Waals surface area contributed by atoms with Gasteiger partial charge in [0.2, 0.25) is 0 Å². The number of piperidine rings is 1. The van der Waals surface area contributed by atoms with E-state index >= 15 is 0 Å². The Hall–Kier alpha value is -2.34. The second-order valence-electron chi connectivity index (χ2n) is 7.20. The Kier molecular flexibility index (Phi) is 4.44. The first-order valence-electron chi connectivity index (χ1n) is 8.91. The van der Waals surface area contributed by atoms with Crippen molar-refractivity contribution in [3.8, 4) is 0 Å². The molecule has 6 heteroatoms. The fraction of sp³-hybridized carbons (Fsp3) is 0.474. The van der Waals surface area contributed by atoms with E-state index in [2.05, 4.69) is 25.9 Å². The minimum atomic E-state index is 0.0164. The van der Waals surface area contributed by atoms with E-state index in [0.29, 0.717) is 5.69 Å². The van der Waals surface area contributed by atoms with E-state index in [0.717, 1.165) is 52.0 Å². The topological polar surface area (TPSA) is 62.2 Å². The second-order valence-corrected chi connectivity index (χ2v) is 7.20. The molecule has 2 aromatic heterocycles. The molecular formula is C19H23N5O. The maximum atomic E-state index is 12.6. The highest BCUT2D eigenvalue weighted by Crippen LogP contribution is 2.40. The number of hydrogen-bond acceptors (Lipinski definition) is 5. The number of aromatic nitrogens is 3. The molecule has 1 spiro atoms. The van der Waals surface area contributed by atoms with E-state index in [1.807, 2.05) is 23.4 Å². The smallest absolute Gasteiger partial charge is 0.274 e. The SMILES string of the molecule is O=C(c1cnccn1)N1CCC2(CCN(Cc3cccnc3)CC2)C1. The highest BCUT2D eigenvalue weighted by molar-refractivity contribution is 5.92. The zero-order valence-corrected chi connectivity index (χ0v) is 14.3. The van der Waals surface area contributed by atoms with Crippen LogP contribution in [-0.4, -0.2) is 56.8 Å². The van der Waals surface area contributed by atoms with Crippen LogP contribution in [0.4, 0.5) is 0 Å². The van der Waals surface area contributed by atoms with Crippen LogP contribution in [0.15, 0.2) is 43.1 Å². The zero-order valence-electron chi connectivity index (χ0n) is 14.3. The van der Waals surface area contributed by atoms with Crippen LogP contribution in [0.5, 0.6) is 0 Å². The summed E-state index contributed by atoms with van der Waals surface area (Å²) in [5.41, 5.74) is 2.00. The average molecular weight is 337 g/mol. The molecule has 2 fully saturated rings. The van der Waals surface area contributed by atoms with Gasteiger partial charge in [-0.1, -0.05) is 6.07 Å². The van der Waals surface area contributed by atoms with Crippen molar-refractivity contribution < 1.29 is 4.79 Å². The normalized spacial score (nSPS) is 20.1. The van der Waals surface area contributed by atoms with Gasteiger partial charge in [-0.2, -0.15) is 0 Å². The molecule has 0 aliphatic carbocycles. The quantitative estimate of drug-likeness (QED) is 0.857. The van der Waals surface area contributed by atoms with Crippen molar-refractivity contribution in [2.45, 2.75) is 25.8 Å². The lowest BCUT2D eigenvalue weighted by atomic mass is 9.77. The molecule has 2 aliphatic heterocycles. The summed E-state index contributed by atoms with van der Waals surface area (Å²) in [7, 11) is 0. The lowest BCUT2D eigenvalue weighted by Crippen LogP contribution is -2.42. The van der Waals surface area contributed by atoms with Gasteiger partial charge in [0.25, 0.3) is 5.91 Å². The summed E-state index contributed by atoms with van der Waals surface area (Å²) in [6, 6.07) is 4.13. The average Bonchev–Trinajstić information content (AvgIpc) is 3.09. The van der Waals surface area contributed by atoms with Gasteiger partial charge in [0, 0.05) is 44.4 Å². The third-order valence-corrected chi connectivity index (χ3v) is 5.55. The van der Waals surface area contributed by atoms with Gasteiger partial charge in [0.05, 0.1) is 6.20 Å². The minimum Gasteiger partial charge on any atom is -0.337 e. The van der Waals surface area contributed by atoms with Gasteiger partial charge < -0.3 is 4.90 Å². The molecule has 4 heterocycles. The maximum absolute atomic E-state index is 12.6. The highest BCUT2D eigenvalue weighted by Gasteiger charge is 2.42. The summed E-state index contributed by atoms with van der Waals surface area (Å²) in [6.45, 7) is 4.82. The molecule has 0 radical (unpaired) electrons. The van der Waals surface area contributed by atoms with Gasteiger partial charge in [-0.3, -0.25) is 19.7 Å². The molecule has 2 aromatic rings. The van der Waals surface area contributed by atoms with Crippen molar-refractivity contribution in [1.29, 1.82) is 0 Å². The molecule has 6 nitrogen and oxygen atoms in total. The standard InChI is InChI=1S/C19H23N5O/c25-18(17-13-21-7-8-22-17)24-11-5-19(15-24)3-9-23(10-4-19)14-16-2-1-6-20-12-16/h1-2,6-8,12-13H,3-5,9-11,14-15H2. The summed E-state index contributed by atoms with van der Waals surface area (Å²) in [4.78, 5) is 29.4. The molecule has 0 atom stereocenters. The second kappa shape index (κ2) is 6.88.